The highest BCUT2D eigenvalue weighted by molar-refractivity contribution is 7.20. The van der Waals surface area contributed by atoms with Gasteiger partial charge in [0, 0.05) is 23.1 Å². The van der Waals surface area contributed by atoms with Gasteiger partial charge in [-0.05, 0) is 24.4 Å². The number of ketones is 2. The van der Waals surface area contributed by atoms with Crippen molar-refractivity contribution in [3.05, 3.63) is 28.9 Å². The second-order valence-electron chi connectivity index (χ2n) is 4.77. The number of hydrogen-bond acceptors (Lipinski definition) is 4. The summed E-state index contributed by atoms with van der Waals surface area (Å²) in [5.41, 5.74) is 0. The highest BCUT2D eigenvalue weighted by atomic mass is 32.1. The van der Waals surface area contributed by atoms with Crippen molar-refractivity contribution in [1.29, 1.82) is 0 Å². The van der Waals surface area contributed by atoms with E-state index in [1.165, 1.54) is 31.4 Å². The Morgan fingerprint density at radius 3 is 2.65 bits per heavy atom. The van der Waals surface area contributed by atoms with Crippen molar-refractivity contribution in [2.45, 2.75) is 20.3 Å². The van der Waals surface area contributed by atoms with E-state index in [9.17, 15) is 14.0 Å². The average Bonchev–Trinajstić information content (AvgIpc) is 2.80. The fourth-order valence-corrected chi connectivity index (χ4v) is 2.88. The second-order valence-corrected chi connectivity index (χ2v) is 5.86. The molecule has 20 heavy (non-hydrogen) atoms. The van der Waals surface area contributed by atoms with E-state index in [1.54, 1.807) is 19.1 Å². The van der Waals surface area contributed by atoms with Gasteiger partial charge in [0.05, 0.1) is 12.0 Å². The maximum Gasteiger partial charge on any atom is 0.173 e. The minimum Gasteiger partial charge on any atom is -0.494 e. The van der Waals surface area contributed by atoms with Crippen molar-refractivity contribution >= 4 is 33.0 Å². The maximum absolute atomic E-state index is 13.6. The molecule has 0 aliphatic carbocycles. The number of rotatable bonds is 5. The molecule has 0 aliphatic rings. The summed E-state index contributed by atoms with van der Waals surface area (Å²) in [5, 5.41) is 0.673. The van der Waals surface area contributed by atoms with Crippen molar-refractivity contribution < 1.29 is 18.7 Å². The van der Waals surface area contributed by atoms with E-state index in [-0.39, 0.29) is 29.7 Å². The number of ether oxygens (including phenoxy) is 1. The lowest BCUT2D eigenvalue weighted by atomic mass is 10.0. The van der Waals surface area contributed by atoms with Crippen LogP contribution in [-0.2, 0) is 4.79 Å². The van der Waals surface area contributed by atoms with Gasteiger partial charge in [-0.2, -0.15) is 0 Å². The highest BCUT2D eigenvalue weighted by Crippen LogP contribution is 2.32. The molecule has 0 fully saturated rings. The van der Waals surface area contributed by atoms with E-state index in [0.717, 1.165) is 4.70 Å². The van der Waals surface area contributed by atoms with E-state index in [4.69, 9.17) is 4.74 Å². The van der Waals surface area contributed by atoms with Crippen LogP contribution >= 0.6 is 11.3 Å². The molecule has 0 aliphatic heterocycles. The Morgan fingerprint density at radius 1 is 1.35 bits per heavy atom. The summed E-state index contributed by atoms with van der Waals surface area (Å²) in [5.74, 6) is -0.677. The van der Waals surface area contributed by atoms with Crippen LogP contribution in [0.15, 0.2) is 18.2 Å². The van der Waals surface area contributed by atoms with E-state index in [1.807, 2.05) is 0 Å². The topological polar surface area (TPSA) is 43.4 Å². The number of carbonyl (C=O) groups excluding carboxylic acids is 2. The summed E-state index contributed by atoms with van der Waals surface area (Å²) in [6, 6.07) is 4.61. The first-order valence-electron chi connectivity index (χ1n) is 6.23. The third-order valence-electron chi connectivity index (χ3n) is 3.25. The van der Waals surface area contributed by atoms with Gasteiger partial charge in [0.1, 0.15) is 5.78 Å². The molecule has 0 N–H and O–H groups in total. The van der Waals surface area contributed by atoms with Gasteiger partial charge in [0.2, 0.25) is 0 Å². The molecule has 1 aromatic heterocycles. The number of methoxy groups -OCH3 is 1. The third kappa shape index (κ3) is 2.88. The van der Waals surface area contributed by atoms with Crippen LogP contribution in [0.3, 0.4) is 0 Å². The zero-order valence-corrected chi connectivity index (χ0v) is 12.3. The van der Waals surface area contributed by atoms with Crippen LogP contribution in [0.2, 0.25) is 0 Å². The number of thiophene rings is 1. The maximum atomic E-state index is 13.6. The van der Waals surface area contributed by atoms with Gasteiger partial charge in [0.15, 0.2) is 17.3 Å². The van der Waals surface area contributed by atoms with Gasteiger partial charge in [-0.15, -0.1) is 11.3 Å². The van der Waals surface area contributed by atoms with Crippen LogP contribution in [0.25, 0.3) is 10.1 Å². The summed E-state index contributed by atoms with van der Waals surface area (Å²) < 4.78 is 19.3. The molecule has 0 saturated carbocycles. The van der Waals surface area contributed by atoms with Crippen molar-refractivity contribution in [1.82, 2.24) is 0 Å². The highest BCUT2D eigenvalue weighted by Gasteiger charge is 2.17. The first-order valence-corrected chi connectivity index (χ1v) is 7.04. The van der Waals surface area contributed by atoms with Crippen LogP contribution in [0.1, 0.15) is 29.9 Å². The van der Waals surface area contributed by atoms with Crippen molar-refractivity contribution in [3.8, 4) is 5.75 Å². The summed E-state index contributed by atoms with van der Waals surface area (Å²) >= 11 is 1.29. The fraction of sp³-hybridized carbons (Fsp3) is 0.333. The number of halogens is 1. The Bertz CT molecular complexity index is 675. The van der Waals surface area contributed by atoms with Crippen LogP contribution < -0.4 is 4.74 Å². The predicted molar refractivity (Wildman–Crippen MR) is 77.1 cm³/mol. The van der Waals surface area contributed by atoms with Crippen molar-refractivity contribution in [2.75, 3.05) is 7.11 Å². The van der Waals surface area contributed by atoms with E-state index >= 15 is 0 Å². The zero-order valence-electron chi connectivity index (χ0n) is 11.5. The number of carbonyl (C=O) groups is 2. The number of Topliss-reactive ketones (excluding diaryl/α,β-unsaturated/α-hetero) is 2. The molecular weight excluding hydrogens is 279 g/mol. The molecule has 0 spiro atoms. The Hall–Kier alpha value is -1.75. The molecule has 106 valence electrons. The van der Waals surface area contributed by atoms with Gasteiger partial charge in [-0.1, -0.05) is 6.92 Å². The monoisotopic (exact) mass is 294 g/mol. The Balaban J connectivity index is 2.32. The number of benzene rings is 1. The van der Waals surface area contributed by atoms with E-state index < -0.39 is 5.82 Å². The van der Waals surface area contributed by atoms with Gasteiger partial charge >= 0.3 is 0 Å². The standard InChI is InChI=1S/C15H15FO3S/c1-8(9(2)17)4-12(18)15-6-10-5-11(16)13(19-3)7-14(10)20-15/h5-8H,4H2,1-3H3/t8-/m0/s1. The lowest BCUT2D eigenvalue weighted by Gasteiger charge is -2.04. The molecule has 0 saturated heterocycles. The van der Waals surface area contributed by atoms with Crippen LogP contribution in [-0.4, -0.2) is 18.7 Å². The van der Waals surface area contributed by atoms with Gasteiger partial charge < -0.3 is 4.74 Å². The van der Waals surface area contributed by atoms with Gasteiger partial charge in [-0.3, -0.25) is 9.59 Å². The smallest absolute Gasteiger partial charge is 0.173 e. The average molecular weight is 294 g/mol. The molecule has 1 aromatic carbocycles. The lowest BCUT2D eigenvalue weighted by Crippen LogP contribution is -2.11. The third-order valence-corrected chi connectivity index (χ3v) is 4.39. The zero-order chi connectivity index (χ0) is 14.9. The molecule has 2 rings (SSSR count). The molecule has 3 nitrogen and oxygen atoms in total. The molecule has 1 heterocycles. The molecule has 2 aromatic rings. The summed E-state index contributed by atoms with van der Waals surface area (Å²) in [6.45, 7) is 3.21. The molecular formula is C15H15FO3S. The Morgan fingerprint density at radius 2 is 2.05 bits per heavy atom. The molecule has 0 amide bonds. The molecule has 0 bridgehead atoms. The largest absolute Gasteiger partial charge is 0.494 e. The fourth-order valence-electron chi connectivity index (χ4n) is 1.86. The lowest BCUT2D eigenvalue weighted by molar-refractivity contribution is -0.120. The van der Waals surface area contributed by atoms with Crippen LogP contribution in [0.5, 0.6) is 5.75 Å². The first kappa shape index (κ1) is 14.7. The minimum atomic E-state index is -0.450. The quantitative estimate of drug-likeness (QED) is 0.787. The minimum absolute atomic E-state index is 0.00725. The van der Waals surface area contributed by atoms with Gasteiger partial charge in [-0.25, -0.2) is 4.39 Å². The normalized spacial score (nSPS) is 12.4. The predicted octanol–water partition coefficient (Wildman–Crippen LogP) is 3.85. The number of fused-ring (bicyclic) bond motifs is 1. The molecule has 1 atom stereocenters. The van der Waals surface area contributed by atoms with Crippen LogP contribution in [0, 0.1) is 11.7 Å². The molecule has 0 radical (unpaired) electrons. The van der Waals surface area contributed by atoms with Crippen LogP contribution in [0.4, 0.5) is 4.39 Å². The summed E-state index contributed by atoms with van der Waals surface area (Å²) in [7, 11) is 1.40. The SMILES string of the molecule is COc1cc2sc(C(=O)C[C@H](C)C(C)=O)cc2cc1F. The van der Waals surface area contributed by atoms with E-state index in [0.29, 0.717) is 10.3 Å². The summed E-state index contributed by atoms with van der Waals surface area (Å²) in [4.78, 5) is 23.8. The second kappa shape index (κ2) is 5.71. The van der Waals surface area contributed by atoms with Crippen molar-refractivity contribution in [3.63, 3.8) is 0 Å². The molecule has 5 heteroatoms. The van der Waals surface area contributed by atoms with Gasteiger partial charge in [0.25, 0.3) is 0 Å². The Kier molecular flexibility index (Phi) is 4.18. The molecule has 0 unspecified atom stereocenters. The van der Waals surface area contributed by atoms with E-state index in [2.05, 4.69) is 0 Å². The summed E-state index contributed by atoms with van der Waals surface area (Å²) in [6.07, 6.45) is 0.182. The first-order chi connectivity index (χ1) is 9.42. The number of hydrogen-bond donors (Lipinski definition) is 0. The Labute approximate surface area is 120 Å². The van der Waals surface area contributed by atoms with Crippen molar-refractivity contribution in [2.24, 2.45) is 5.92 Å².